The van der Waals surface area contributed by atoms with Crippen molar-refractivity contribution in [3.05, 3.63) is 107 Å². The average molecular weight is 484 g/mol. The number of amides is 2. The second kappa shape index (κ2) is 10.6. The maximum absolute atomic E-state index is 12.7. The highest BCUT2D eigenvalue weighted by molar-refractivity contribution is 7.87. The van der Waals surface area contributed by atoms with Crippen molar-refractivity contribution in [1.29, 1.82) is 0 Å². The largest absolute Gasteiger partial charge is 0.507 e. The minimum absolute atomic E-state index is 0.0978. The van der Waals surface area contributed by atoms with Crippen LogP contribution >= 0.6 is 0 Å². The third-order valence-corrected chi connectivity index (χ3v) is 6.40. The molecule has 1 unspecified atom stereocenters. The van der Waals surface area contributed by atoms with Crippen molar-refractivity contribution in [3.8, 4) is 17.6 Å². The van der Waals surface area contributed by atoms with Gasteiger partial charge in [-0.15, -0.1) is 0 Å². The van der Waals surface area contributed by atoms with Crippen LogP contribution in [0.5, 0.6) is 5.75 Å². The number of hydrogen-bond acceptors (Lipinski definition) is 5. The Balaban J connectivity index is 1.55. The fourth-order valence-electron chi connectivity index (χ4n) is 3.18. The summed E-state index contributed by atoms with van der Waals surface area (Å²) < 4.78 is 9.45. The predicted molar refractivity (Wildman–Crippen MR) is 134 cm³/mol. The van der Waals surface area contributed by atoms with Crippen LogP contribution in [0.15, 0.2) is 93.0 Å². The molecule has 2 aromatic carbocycles. The van der Waals surface area contributed by atoms with Gasteiger partial charge in [-0.2, -0.15) is 4.36 Å². The molecule has 7 nitrogen and oxygen atoms in total. The Kier molecular flexibility index (Phi) is 7.19. The molecule has 0 aliphatic heterocycles. The van der Waals surface area contributed by atoms with Gasteiger partial charge in [0.1, 0.15) is 5.75 Å². The summed E-state index contributed by atoms with van der Waals surface area (Å²) in [6.45, 7) is 1.79. The van der Waals surface area contributed by atoms with E-state index in [1.54, 1.807) is 74.0 Å². The first-order valence-electron chi connectivity index (χ1n) is 10.5. The van der Waals surface area contributed by atoms with E-state index in [2.05, 4.69) is 26.5 Å². The topological polar surface area (TPSA) is 105 Å². The number of aromatic hydroxyl groups is 1. The van der Waals surface area contributed by atoms with E-state index in [-0.39, 0.29) is 17.4 Å². The van der Waals surface area contributed by atoms with E-state index in [1.165, 1.54) is 12.5 Å². The van der Waals surface area contributed by atoms with Gasteiger partial charge in [0.15, 0.2) is 5.76 Å². The number of nitrogens with zero attached hydrogens (tertiary/aromatic N) is 2. The number of aromatic nitrogens is 1. The number of carbonyl (C=O) groups is 2. The Bertz CT molecular complexity index is 1510. The summed E-state index contributed by atoms with van der Waals surface area (Å²) >= 11 is 0. The highest BCUT2D eigenvalue weighted by Gasteiger charge is 2.14. The zero-order chi connectivity index (χ0) is 24.8. The lowest BCUT2D eigenvalue weighted by Crippen LogP contribution is -2.13. The van der Waals surface area contributed by atoms with Crippen molar-refractivity contribution in [3.63, 3.8) is 0 Å². The van der Waals surface area contributed by atoms with E-state index in [9.17, 15) is 14.7 Å². The van der Waals surface area contributed by atoms with Crippen LogP contribution in [0.1, 0.15) is 37.6 Å². The van der Waals surface area contributed by atoms with E-state index >= 15 is 0 Å². The van der Waals surface area contributed by atoms with Gasteiger partial charge in [-0.25, -0.2) is 0 Å². The summed E-state index contributed by atoms with van der Waals surface area (Å²) in [6, 6.07) is 17.3. The zero-order valence-electron chi connectivity index (χ0n) is 19.0. The number of benzene rings is 2. The summed E-state index contributed by atoms with van der Waals surface area (Å²) in [5.74, 6) is 5.55. The van der Waals surface area contributed by atoms with E-state index < -0.39 is 16.6 Å². The number of anilines is 1. The molecule has 0 aliphatic carbocycles. The molecule has 0 saturated carbocycles. The average Bonchev–Trinajstić information content (AvgIpc) is 3.30. The van der Waals surface area contributed by atoms with Crippen molar-refractivity contribution in [2.45, 2.75) is 11.8 Å². The summed E-state index contributed by atoms with van der Waals surface area (Å²) in [5.41, 5.74) is 2.69. The molecular weight excluding hydrogens is 462 g/mol. The van der Waals surface area contributed by atoms with Crippen molar-refractivity contribution in [2.24, 2.45) is 4.36 Å². The zero-order valence-corrected chi connectivity index (χ0v) is 19.8. The minimum atomic E-state index is -0.825. The lowest BCUT2D eigenvalue weighted by Gasteiger charge is -2.06. The molecule has 0 radical (unpaired) electrons. The van der Waals surface area contributed by atoms with Crippen LogP contribution < -0.4 is 5.32 Å². The van der Waals surface area contributed by atoms with Gasteiger partial charge >= 0.3 is 0 Å². The molecule has 2 heterocycles. The number of nitrogens with one attached hydrogen (secondary N) is 1. The molecule has 4 rings (SSSR count). The molecule has 2 amide bonds. The second-order valence-electron chi connectivity index (χ2n) is 7.49. The number of carbonyl (C=O) groups excluding carboxylic acids is 2. The lowest BCUT2D eigenvalue weighted by atomic mass is 10.1. The first-order chi connectivity index (χ1) is 16.9. The van der Waals surface area contributed by atoms with E-state index in [0.717, 1.165) is 5.56 Å². The van der Waals surface area contributed by atoms with Gasteiger partial charge in [-0.1, -0.05) is 46.8 Å². The number of furan rings is 1. The quantitative estimate of drug-likeness (QED) is 0.399. The van der Waals surface area contributed by atoms with Crippen LogP contribution in [-0.2, 0) is 10.7 Å². The van der Waals surface area contributed by atoms with Gasteiger partial charge in [0.2, 0.25) is 0 Å². The summed E-state index contributed by atoms with van der Waals surface area (Å²) in [5, 5.41) is 12.8. The molecule has 35 heavy (non-hydrogen) atoms. The Morgan fingerprint density at radius 1 is 1.06 bits per heavy atom. The van der Waals surface area contributed by atoms with Crippen LogP contribution in [0.3, 0.4) is 0 Å². The molecular formula is C27H21N3O4S. The monoisotopic (exact) mass is 483 g/mol. The Morgan fingerprint density at radius 2 is 1.83 bits per heavy atom. The van der Waals surface area contributed by atoms with Gasteiger partial charge in [-0.3, -0.25) is 14.6 Å². The molecule has 2 N–H and O–H groups in total. The van der Waals surface area contributed by atoms with Crippen molar-refractivity contribution >= 4 is 28.2 Å². The SMILES string of the molecule is Cc1ccoc1C(=O)Nc1ccccc1C#Cc1cncc(C(=O)N=S(C)c2ccccc2O)c1. The lowest BCUT2D eigenvalue weighted by molar-refractivity contribution is 0.0991. The van der Waals surface area contributed by atoms with E-state index in [4.69, 9.17) is 4.42 Å². The first kappa shape index (κ1) is 23.7. The van der Waals surface area contributed by atoms with Crippen molar-refractivity contribution in [2.75, 3.05) is 11.6 Å². The molecule has 0 bridgehead atoms. The fraction of sp³-hybridized carbons (Fsp3) is 0.0741. The van der Waals surface area contributed by atoms with Crippen LogP contribution in [0.25, 0.3) is 0 Å². The maximum atomic E-state index is 12.7. The summed E-state index contributed by atoms with van der Waals surface area (Å²) in [4.78, 5) is 29.9. The maximum Gasteiger partial charge on any atom is 0.291 e. The van der Waals surface area contributed by atoms with Gasteiger partial charge in [0, 0.05) is 29.1 Å². The second-order valence-corrected chi connectivity index (χ2v) is 9.07. The van der Waals surface area contributed by atoms with Crippen LogP contribution in [0.2, 0.25) is 0 Å². The molecule has 0 spiro atoms. The number of phenols is 1. The molecule has 8 heteroatoms. The van der Waals surface area contributed by atoms with Crippen molar-refractivity contribution in [1.82, 2.24) is 4.98 Å². The smallest absolute Gasteiger partial charge is 0.291 e. The van der Waals surface area contributed by atoms with Crippen LogP contribution in [0.4, 0.5) is 5.69 Å². The number of aryl methyl sites for hydroxylation is 1. The Morgan fingerprint density at radius 3 is 2.60 bits per heavy atom. The van der Waals surface area contributed by atoms with E-state index in [0.29, 0.717) is 27.3 Å². The van der Waals surface area contributed by atoms with Crippen molar-refractivity contribution < 1.29 is 19.1 Å². The van der Waals surface area contributed by atoms with Crippen LogP contribution in [-0.4, -0.2) is 28.2 Å². The van der Waals surface area contributed by atoms with Crippen LogP contribution in [0, 0.1) is 18.8 Å². The number of pyridine rings is 1. The van der Waals surface area contributed by atoms with E-state index in [1.807, 2.05) is 6.07 Å². The van der Waals surface area contributed by atoms with Gasteiger partial charge < -0.3 is 14.8 Å². The van der Waals surface area contributed by atoms with Gasteiger partial charge in [0.05, 0.1) is 22.4 Å². The molecule has 0 aliphatic rings. The standard InChI is InChI=1S/C27H21N3O4S/c1-18-13-14-34-25(18)27(33)29-22-8-4-3-7-20(22)12-11-19-15-21(17-28-16-19)26(32)30-35(2)24-10-6-5-9-23(24)31/h3-10,13-17,31H,1-2H3,(H,29,33). The summed E-state index contributed by atoms with van der Waals surface area (Å²) in [7, 11) is -0.825. The normalized spacial score (nSPS) is 11.4. The molecule has 174 valence electrons. The fourth-order valence-corrected chi connectivity index (χ4v) is 4.28. The molecule has 2 aromatic heterocycles. The third-order valence-electron chi connectivity index (χ3n) is 4.97. The number of phenolic OH excluding ortho intramolecular Hbond substituents is 1. The number of hydrogen-bond donors (Lipinski definition) is 2. The Labute approximate surface area is 204 Å². The highest BCUT2D eigenvalue weighted by Crippen LogP contribution is 2.21. The Hall–Kier alpha value is -4.48. The molecule has 0 saturated heterocycles. The highest BCUT2D eigenvalue weighted by atomic mass is 32.2. The summed E-state index contributed by atoms with van der Waals surface area (Å²) in [6.07, 6.45) is 6.21. The number of para-hydroxylation sites is 2. The molecule has 0 fully saturated rings. The van der Waals surface area contributed by atoms with Gasteiger partial charge in [0.25, 0.3) is 11.8 Å². The number of rotatable bonds is 4. The third kappa shape index (κ3) is 5.72. The molecule has 4 aromatic rings. The predicted octanol–water partition coefficient (Wildman–Crippen LogP) is 4.97. The minimum Gasteiger partial charge on any atom is -0.507 e. The first-order valence-corrected chi connectivity index (χ1v) is 12.1. The molecule has 1 atom stereocenters. The van der Waals surface area contributed by atoms with Gasteiger partial charge in [-0.05, 0) is 49.6 Å².